The molecule has 2 rings (SSSR count). The van der Waals surface area contributed by atoms with Gasteiger partial charge in [-0.25, -0.2) is 0 Å². The van der Waals surface area contributed by atoms with Gasteiger partial charge in [-0.15, -0.1) is 0 Å². The Bertz CT molecular complexity index is 262. The summed E-state index contributed by atoms with van der Waals surface area (Å²) in [7, 11) is 0. The van der Waals surface area contributed by atoms with Gasteiger partial charge in [-0.2, -0.15) is 0 Å². The molecule has 1 aromatic heterocycles. The highest BCUT2D eigenvalue weighted by molar-refractivity contribution is 5.08. The van der Waals surface area contributed by atoms with Gasteiger partial charge in [-0.3, -0.25) is 9.97 Å². The standard InChI is InChI=1S/C10H15N3/c1-8-5-13-10(7-12-8)9-3-2-4-11-6-9/h5,7,9,11H,2-4,6H2,1H3. The molecule has 1 saturated heterocycles. The molecule has 1 aromatic rings. The minimum Gasteiger partial charge on any atom is -0.316 e. The number of rotatable bonds is 1. The van der Waals surface area contributed by atoms with Gasteiger partial charge in [-0.1, -0.05) is 0 Å². The number of aromatic nitrogens is 2. The van der Waals surface area contributed by atoms with Crippen molar-refractivity contribution < 1.29 is 0 Å². The van der Waals surface area contributed by atoms with Crippen LogP contribution in [0, 0.1) is 6.92 Å². The van der Waals surface area contributed by atoms with E-state index in [9.17, 15) is 0 Å². The molecule has 1 atom stereocenters. The first-order chi connectivity index (χ1) is 6.36. The van der Waals surface area contributed by atoms with Crippen LogP contribution in [0.25, 0.3) is 0 Å². The van der Waals surface area contributed by atoms with Gasteiger partial charge in [0.15, 0.2) is 0 Å². The minimum atomic E-state index is 0.571. The molecule has 0 spiro atoms. The van der Waals surface area contributed by atoms with Crippen molar-refractivity contribution in [3.63, 3.8) is 0 Å². The summed E-state index contributed by atoms with van der Waals surface area (Å²) >= 11 is 0. The van der Waals surface area contributed by atoms with Gasteiger partial charge < -0.3 is 5.32 Å². The summed E-state index contributed by atoms with van der Waals surface area (Å²) in [5.41, 5.74) is 2.13. The predicted molar refractivity (Wildman–Crippen MR) is 51.6 cm³/mol. The van der Waals surface area contributed by atoms with E-state index in [2.05, 4.69) is 15.3 Å². The quantitative estimate of drug-likeness (QED) is 0.701. The summed E-state index contributed by atoms with van der Waals surface area (Å²) in [6.45, 7) is 4.17. The summed E-state index contributed by atoms with van der Waals surface area (Å²) in [6.07, 6.45) is 6.25. The van der Waals surface area contributed by atoms with Crippen molar-refractivity contribution in [2.75, 3.05) is 13.1 Å². The number of nitrogens with zero attached hydrogens (tertiary/aromatic N) is 2. The van der Waals surface area contributed by atoms with Crippen LogP contribution in [0.15, 0.2) is 12.4 Å². The molecule has 0 aromatic carbocycles. The number of aryl methyl sites for hydroxylation is 1. The van der Waals surface area contributed by atoms with E-state index in [0.29, 0.717) is 5.92 Å². The van der Waals surface area contributed by atoms with Crippen molar-refractivity contribution in [2.45, 2.75) is 25.7 Å². The Morgan fingerprint density at radius 3 is 2.92 bits per heavy atom. The molecule has 0 aliphatic carbocycles. The lowest BCUT2D eigenvalue weighted by Crippen LogP contribution is -2.28. The van der Waals surface area contributed by atoms with Gasteiger partial charge in [0.1, 0.15) is 0 Å². The summed E-state index contributed by atoms with van der Waals surface area (Å²) in [5, 5.41) is 3.38. The zero-order valence-electron chi connectivity index (χ0n) is 7.95. The lowest BCUT2D eigenvalue weighted by molar-refractivity contribution is 0.453. The smallest absolute Gasteiger partial charge is 0.0630 e. The van der Waals surface area contributed by atoms with E-state index in [1.165, 1.54) is 12.8 Å². The number of hydrogen-bond acceptors (Lipinski definition) is 3. The lowest BCUT2D eigenvalue weighted by atomic mass is 9.96. The van der Waals surface area contributed by atoms with Gasteiger partial charge in [0, 0.05) is 24.9 Å². The molecule has 13 heavy (non-hydrogen) atoms. The zero-order valence-corrected chi connectivity index (χ0v) is 7.95. The Balaban J connectivity index is 2.10. The lowest BCUT2D eigenvalue weighted by Gasteiger charge is -2.21. The van der Waals surface area contributed by atoms with Crippen molar-refractivity contribution in [3.05, 3.63) is 23.8 Å². The van der Waals surface area contributed by atoms with E-state index in [-0.39, 0.29) is 0 Å². The molecule has 1 aliphatic heterocycles. The minimum absolute atomic E-state index is 0.571. The molecular weight excluding hydrogens is 162 g/mol. The summed E-state index contributed by atoms with van der Waals surface area (Å²) < 4.78 is 0. The third-order valence-electron chi connectivity index (χ3n) is 2.52. The summed E-state index contributed by atoms with van der Waals surface area (Å²) in [4.78, 5) is 8.66. The second kappa shape index (κ2) is 3.83. The van der Waals surface area contributed by atoms with Crippen molar-refractivity contribution in [2.24, 2.45) is 0 Å². The second-order valence-electron chi connectivity index (χ2n) is 3.63. The van der Waals surface area contributed by atoms with Crippen LogP contribution in [0.1, 0.15) is 30.1 Å². The maximum Gasteiger partial charge on any atom is 0.0630 e. The Morgan fingerprint density at radius 1 is 1.38 bits per heavy atom. The van der Waals surface area contributed by atoms with Gasteiger partial charge in [-0.05, 0) is 26.3 Å². The van der Waals surface area contributed by atoms with Gasteiger partial charge in [0.05, 0.1) is 11.4 Å². The van der Waals surface area contributed by atoms with Crippen LogP contribution in [-0.4, -0.2) is 23.1 Å². The average molecular weight is 177 g/mol. The van der Waals surface area contributed by atoms with Crippen LogP contribution in [0.4, 0.5) is 0 Å². The molecule has 1 N–H and O–H groups in total. The predicted octanol–water partition coefficient (Wildman–Crippen LogP) is 1.25. The monoisotopic (exact) mass is 177 g/mol. The highest BCUT2D eigenvalue weighted by Crippen LogP contribution is 2.20. The zero-order chi connectivity index (χ0) is 9.10. The van der Waals surface area contributed by atoms with E-state index in [1.807, 2.05) is 19.3 Å². The fraction of sp³-hybridized carbons (Fsp3) is 0.600. The molecule has 1 aliphatic rings. The SMILES string of the molecule is Cc1cnc(C2CCCNC2)cn1. The molecule has 0 saturated carbocycles. The molecule has 3 heteroatoms. The number of piperidine rings is 1. The highest BCUT2D eigenvalue weighted by Gasteiger charge is 2.15. The maximum atomic E-state index is 4.40. The normalized spacial score (nSPS) is 23.0. The molecule has 0 amide bonds. The fourth-order valence-corrected chi connectivity index (χ4v) is 1.72. The van der Waals surface area contributed by atoms with E-state index < -0.39 is 0 Å². The van der Waals surface area contributed by atoms with Crippen molar-refractivity contribution in [1.29, 1.82) is 0 Å². The molecule has 0 bridgehead atoms. The van der Waals surface area contributed by atoms with Crippen LogP contribution in [0.2, 0.25) is 0 Å². The molecule has 2 heterocycles. The van der Waals surface area contributed by atoms with Gasteiger partial charge in [0.2, 0.25) is 0 Å². The van der Waals surface area contributed by atoms with E-state index >= 15 is 0 Å². The van der Waals surface area contributed by atoms with Crippen molar-refractivity contribution in [1.82, 2.24) is 15.3 Å². The van der Waals surface area contributed by atoms with E-state index in [1.54, 1.807) is 0 Å². The Morgan fingerprint density at radius 2 is 2.31 bits per heavy atom. The summed E-state index contributed by atoms with van der Waals surface area (Å²) in [6, 6.07) is 0. The number of nitrogens with one attached hydrogen (secondary N) is 1. The Hall–Kier alpha value is -0.960. The Labute approximate surface area is 78.6 Å². The van der Waals surface area contributed by atoms with Crippen LogP contribution >= 0.6 is 0 Å². The maximum absolute atomic E-state index is 4.40. The first-order valence-corrected chi connectivity index (χ1v) is 4.85. The van der Waals surface area contributed by atoms with E-state index in [4.69, 9.17) is 0 Å². The van der Waals surface area contributed by atoms with Gasteiger partial charge >= 0.3 is 0 Å². The van der Waals surface area contributed by atoms with Gasteiger partial charge in [0.25, 0.3) is 0 Å². The van der Waals surface area contributed by atoms with Crippen LogP contribution in [-0.2, 0) is 0 Å². The average Bonchev–Trinajstić information content (AvgIpc) is 2.20. The Kier molecular flexibility index (Phi) is 2.54. The second-order valence-corrected chi connectivity index (χ2v) is 3.63. The fourth-order valence-electron chi connectivity index (χ4n) is 1.72. The third kappa shape index (κ3) is 2.04. The third-order valence-corrected chi connectivity index (χ3v) is 2.52. The molecule has 0 radical (unpaired) electrons. The van der Waals surface area contributed by atoms with Crippen LogP contribution < -0.4 is 5.32 Å². The largest absolute Gasteiger partial charge is 0.316 e. The van der Waals surface area contributed by atoms with Crippen molar-refractivity contribution in [3.8, 4) is 0 Å². The molecule has 3 nitrogen and oxygen atoms in total. The van der Waals surface area contributed by atoms with E-state index in [0.717, 1.165) is 24.5 Å². The topological polar surface area (TPSA) is 37.8 Å². The molecular formula is C10H15N3. The molecule has 1 unspecified atom stereocenters. The first-order valence-electron chi connectivity index (χ1n) is 4.85. The number of hydrogen-bond donors (Lipinski definition) is 1. The first kappa shape index (κ1) is 8.63. The van der Waals surface area contributed by atoms with Crippen LogP contribution in [0.5, 0.6) is 0 Å². The molecule has 70 valence electrons. The summed E-state index contributed by atoms with van der Waals surface area (Å²) in [5.74, 6) is 0.571. The highest BCUT2D eigenvalue weighted by atomic mass is 14.9. The van der Waals surface area contributed by atoms with Crippen molar-refractivity contribution >= 4 is 0 Å². The molecule has 1 fully saturated rings. The van der Waals surface area contributed by atoms with Crippen LogP contribution in [0.3, 0.4) is 0 Å².